The Morgan fingerprint density at radius 3 is 0.875 bits per heavy atom. The summed E-state index contributed by atoms with van der Waals surface area (Å²) in [6.07, 6.45) is 79.8. The molecule has 6 nitrogen and oxygen atoms in total. The Morgan fingerprint density at radius 1 is 0.292 bits per heavy atom. The number of unbranched alkanes of at least 4 members (excludes halogenated alkanes) is 27. The second-order valence-corrected chi connectivity index (χ2v) is 19.9. The smallest absolute Gasteiger partial charge is 0.306 e. The molecule has 0 rings (SSSR count). The van der Waals surface area contributed by atoms with E-state index in [0.717, 1.165) is 122 Å². The van der Waals surface area contributed by atoms with E-state index >= 15 is 0 Å². The lowest BCUT2D eigenvalue weighted by Gasteiger charge is -2.18. The second-order valence-electron chi connectivity index (χ2n) is 19.9. The SMILES string of the molecule is CC/C=C\C/C=C\C/C=C\CCCCCC(=O)OCC(COC(=O)CCCCCCCCCCCC/C=C\C/C=C\C/C=C\CCCCCCC)OC(=O)CCCCCCC/C=C\C/C=C\CCCCCC. The van der Waals surface area contributed by atoms with Crippen molar-refractivity contribution in [1.82, 2.24) is 0 Å². The summed E-state index contributed by atoms with van der Waals surface area (Å²) in [5, 5.41) is 0. The van der Waals surface area contributed by atoms with Crippen LogP contribution >= 0.6 is 0 Å². The summed E-state index contributed by atoms with van der Waals surface area (Å²) < 4.78 is 16.8. The van der Waals surface area contributed by atoms with E-state index in [4.69, 9.17) is 14.2 Å². The third-order valence-corrected chi connectivity index (χ3v) is 12.8. The summed E-state index contributed by atoms with van der Waals surface area (Å²) in [6, 6.07) is 0. The van der Waals surface area contributed by atoms with Gasteiger partial charge in [-0.25, -0.2) is 0 Å². The molecule has 0 aliphatic heterocycles. The number of hydrogen-bond donors (Lipinski definition) is 0. The molecular formula is C66H112O6. The fraction of sp³-hybridized carbons (Fsp3) is 0.712. The predicted octanol–water partition coefficient (Wildman–Crippen LogP) is 20.5. The first-order valence-corrected chi connectivity index (χ1v) is 30.2. The Kier molecular flexibility index (Phi) is 56.8. The van der Waals surface area contributed by atoms with Crippen LogP contribution in [0.2, 0.25) is 0 Å². The summed E-state index contributed by atoms with van der Waals surface area (Å²) in [5.74, 6) is -0.939. The molecule has 0 aliphatic rings. The molecule has 0 bridgehead atoms. The minimum Gasteiger partial charge on any atom is -0.462 e. The zero-order valence-electron chi connectivity index (χ0n) is 47.2. The molecule has 0 aromatic heterocycles. The number of esters is 3. The first kappa shape index (κ1) is 68.3. The molecule has 1 unspecified atom stereocenters. The Hall–Kier alpha value is -3.67. The van der Waals surface area contributed by atoms with Crippen molar-refractivity contribution in [3.63, 3.8) is 0 Å². The van der Waals surface area contributed by atoms with Crippen LogP contribution in [0.15, 0.2) is 97.2 Å². The van der Waals surface area contributed by atoms with E-state index in [0.29, 0.717) is 19.3 Å². The van der Waals surface area contributed by atoms with Gasteiger partial charge in [0.15, 0.2) is 6.10 Å². The number of ether oxygens (including phenoxy) is 3. The molecule has 1 atom stereocenters. The van der Waals surface area contributed by atoms with Crippen LogP contribution in [0.1, 0.15) is 284 Å². The maximum Gasteiger partial charge on any atom is 0.306 e. The summed E-state index contributed by atoms with van der Waals surface area (Å²) in [7, 11) is 0. The average molecular weight is 1000 g/mol. The zero-order valence-corrected chi connectivity index (χ0v) is 47.2. The zero-order chi connectivity index (χ0) is 52.2. The van der Waals surface area contributed by atoms with Gasteiger partial charge in [-0.3, -0.25) is 14.4 Å². The lowest BCUT2D eigenvalue weighted by atomic mass is 10.1. The molecule has 0 saturated heterocycles. The third-order valence-electron chi connectivity index (χ3n) is 12.8. The van der Waals surface area contributed by atoms with Gasteiger partial charge in [-0.05, 0) is 122 Å². The van der Waals surface area contributed by atoms with Crippen LogP contribution in [0, 0.1) is 0 Å². The Morgan fingerprint density at radius 2 is 0.542 bits per heavy atom. The number of allylic oxidation sites excluding steroid dienone is 16. The molecule has 6 heteroatoms. The van der Waals surface area contributed by atoms with Crippen LogP contribution in [0.3, 0.4) is 0 Å². The van der Waals surface area contributed by atoms with E-state index in [1.165, 1.54) is 122 Å². The van der Waals surface area contributed by atoms with Gasteiger partial charge >= 0.3 is 17.9 Å². The highest BCUT2D eigenvalue weighted by Gasteiger charge is 2.19. The molecule has 0 amide bonds. The fourth-order valence-corrected chi connectivity index (χ4v) is 8.26. The maximum atomic E-state index is 12.9. The van der Waals surface area contributed by atoms with Gasteiger partial charge < -0.3 is 14.2 Å². The lowest BCUT2D eigenvalue weighted by molar-refractivity contribution is -0.167. The van der Waals surface area contributed by atoms with Crippen LogP contribution in [0.4, 0.5) is 0 Å². The van der Waals surface area contributed by atoms with Crippen LogP contribution in [-0.4, -0.2) is 37.2 Å². The van der Waals surface area contributed by atoms with E-state index in [9.17, 15) is 14.4 Å². The summed E-state index contributed by atoms with van der Waals surface area (Å²) in [4.78, 5) is 38.2. The minimum absolute atomic E-state index is 0.0951. The highest BCUT2D eigenvalue weighted by atomic mass is 16.6. The number of carbonyl (C=O) groups excluding carboxylic acids is 3. The molecular weight excluding hydrogens is 889 g/mol. The highest BCUT2D eigenvalue weighted by molar-refractivity contribution is 5.71. The van der Waals surface area contributed by atoms with Gasteiger partial charge in [0.25, 0.3) is 0 Å². The second kappa shape index (κ2) is 59.9. The van der Waals surface area contributed by atoms with Crippen molar-refractivity contribution in [2.45, 2.75) is 290 Å². The average Bonchev–Trinajstić information content (AvgIpc) is 3.38. The topological polar surface area (TPSA) is 78.9 Å². The van der Waals surface area contributed by atoms with Gasteiger partial charge in [-0.1, -0.05) is 240 Å². The van der Waals surface area contributed by atoms with Gasteiger partial charge in [-0.2, -0.15) is 0 Å². The molecule has 0 spiro atoms. The first-order valence-electron chi connectivity index (χ1n) is 30.2. The van der Waals surface area contributed by atoms with Crippen LogP contribution in [0.5, 0.6) is 0 Å². The van der Waals surface area contributed by atoms with E-state index in [-0.39, 0.29) is 31.1 Å². The largest absolute Gasteiger partial charge is 0.462 e. The molecule has 72 heavy (non-hydrogen) atoms. The van der Waals surface area contributed by atoms with Crippen molar-refractivity contribution >= 4 is 17.9 Å². The van der Waals surface area contributed by atoms with E-state index in [1.54, 1.807) is 0 Å². The van der Waals surface area contributed by atoms with Crippen LogP contribution in [-0.2, 0) is 28.6 Å². The van der Waals surface area contributed by atoms with Gasteiger partial charge in [0.2, 0.25) is 0 Å². The van der Waals surface area contributed by atoms with Crippen molar-refractivity contribution in [3.05, 3.63) is 97.2 Å². The van der Waals surface area contributed by atoms with Crippen LogP contribution in [0.25, 0.3) is 0 Å². The first-order chi connectivity index (χ1) is 35.5. The molecule has 0 aromatic carbocycles. The third kappa shape index (κ3) is 57.2. The minimum atomic E-state index is -0.800. The van der Waals surface area contributed by atoms with Crippen molar-refractivity contribution in [2.75, 3.05) is 13.2 Å². The van der Waals surface area contributed by atoms with E-state index < -0.39 is 6.10 Å². The standard InChI is InChI=1S/C66H112O6/c1-4-7-10-13-16-19-22-25-27-29-30-31-32-33-34-35-36-37-39-41-44-47-50-53-56-59-65(68)71-62-63(61-70-64(67)58-55-52-49-46-43-40-24-21-18-15-12-9-6-3)72-66(69)60-57-54-51-48-45-42-38-28-26-23-20-17-14-11-8-5-2/h9,12,18,20-23,25,28-30,32-33,38,40,43,63H,4-8,10-11,13-17,19,24,26-27,31,34-37,39,41-42,44-62H2,1-3H3/b12-9-,21-18-,23-20-,25-22-,30-29-,33-32-,38-28-,43-40-. The Bertz CT molecular complexity index is 1430. The van der Waals surface area contributed by atoms with Crippen LogP contribution < -0.4 is 0 Å². The van der Waals surface area contributed by atoms with Gasteiger partial charge in [0.1, 0.15) is 13.2 Å². The predicted molar refractivity (Wildman–Crippen MR) is 311 cm³/mol. The lowest BCUT2D eigenvalue weighted by Crippen LogP contribution is -2.30. The molecule has 0 heterocycles. The van der Waals surface area contributed by atoms with Gasteiger partial charge in [0.05, 0.1) is 0 Å². The van der Waals surface area contributed by atoms with Crippen molar-refractivity contribution in [1.29, 1.82) is 0 Å². The Balaban J connectivity index is 4.35. The van der Waals surface area contributed by atoms with Gasteiger partial charge in [0, 0.05) is 19.3 Å². The van der Waals surface area contributed by atoms with Gasteiger partial charge in [-0.15, -0.1) is 0 Å². The van der Waals surface area contributed by atoms with E-state index in [1.807, 2.05) is 0 Å². The Labute approximate surface area is 445 Å². The number of rotatable bonds is 54. The fourth-order valence-electron chi connectivity index (χ4n) is 8.26. The number of carbonyl (C=O) groups is 3. The van der Waals surface area contributed by atoms with Crippen molar-refractivity contribution in [2.24, 2.45) is 0 Å². The van der Waals surface area contributed by atoms with Crippen molar-refractivity contribution < 1.29 is 28.6 Å². The number of hydrogen-bond acceptors (Lipinski definition) is 6. The molecule has 0 radical (unpaired) electrons. The molecule has 0 N–H and O–H groups in total. The monoisotopic (exact) mass is 1000 g/mol. The molecule has 0 aliphatic carbocycles. The highest BCUT2D eigenvalue weighted by Crippen LogP contribution is 2.15. The summed E-state index contributed by atoms with van der Waals surface area (Å²) in [6.45, 7) is 6.47. The summed E-state index contributed by atoms with van der Waals surface area (Å²) >= 11 is 0. The quantitative estimate of drug-likeness (QED) is 0.0261. The maximum absolute atomic E-state index is 12.9. The molecule has 0 fully saturated rings. The normalized spacial score (nSPS) is 12.8. The summed E-state index contributed by atoms with van der Waals surface area (Å²) in [5.41, 5.74) is 0. The molecule has 412 valence electrons. The van der Waals surface area contributed by atoms with E-state index in [2.05, 4.69) is 118 Å². The van der Waals surface area contributed by atoms with Crippen molar-refractivity contribution in [3.8, 4) is 0 Å². The molecule has 0 aromatic rings. The molecule has 0 saturated carbocycles.